The Morgan fingerprint density at radius 1 is 0.258 bits per heavy atom. The van der Waals surface area contributed by atoms with Gasteiger partial charge in [-0.05, 0) is 59.2 Å². The summed E-state index contributed by atoms with van der Waals surface area (Å²) in [6.07, 6.45) is 0. The van der Waals surface area contributed by atoms with Gasteiger partial charge in [0.1, 0.15) is 0 Å². The van der Waals surface area contributed by atoms with Crippen LogP contribution in [0.2, 0.25) is 0 Å². The van der Waals surface area contributed by atoms with Crippen LogP contribution < -0.4 is 0 Å². The molecule has 5 heteroatoms. The molecule has 0 radical (unpaired) electrons. The van der Waals surface area contributed by atoms with Gasteiger partial charge in [0.25, 0.3) is 0 Å². The summed E-state index contributed by atoms with van der Waals surface area (Å²) in [6, 6.07) is 79.4. The van der Waals surface area contributed by atoms with Crippen LogP contribution in [0.5, 0.6) is 0 Å². The van der Waals surface area contributed by atoms with Gasteiger partial charge in [-0.3, -0.25) is 0 Å². The third-order valence-electron chi connectivity index (χ3n) is 12.0. The number of benzene rings is 9. The van der Waals surface area contributed by atoms with Crippen LogP contribution in [-0.4, -0.2) is 24.1 Å². The number of para-hydroxylation sites is 4. The quantitative estimate of drug-likeness (QED) is 0.162. The molecule has 9 aromatic carbocycles. The van der Waals surface area contributed by atoms with E-state index in [4.69, 9.17) is 15.0 Å². The van der Waals surface area contributed by atoms with E-state index in [2.05, 4.69) is 173 Å². The normalized spacial score (nSPS) is 11.5. The molecule has 0 aliphatic heterocycles. The smallest absolute Gasteiger partial charge is 0.164 e. The zero-order valence-corrected chi connectivity index (χ0v) is 33.6. The first kappa shape index (κ1) is 35.5. The maximum Gasteiger partial charge on any atom is 0.164 e. The van der Waals surface area contributed by atoms with Gasteiger partial charge < -0.3 is 9.13 Å². The lowest BCUT2D eigenvalue weighted by molar-refractivity contribution is 1.07. The van der Waals surface area contributed by atoms with Gasteiger partial charge >= 0.3 is 0 Å². The molecule has 0 aliphatic carbocycles. The third kappa shape index (κ3) is 5.98. The summed E-state index contributed by atoms with van der Waals surface area (Å²) in [5.74, 6) is 1.93. The summed E-state index contributed by atoms with van der Waals surface area (Å²) >= 11 is 0. The van der Waals surface area contributed by atoms with E-state index < -0.39 is 0 Å². The van der Waals surface area contributed by atoms with Crippen molar-refractivity contribution >= 4 is 43.6 Å². The van der Waals surface area contributed by atoms with Crippen LogP contribution >= 0.6 is 0 Å². The lowest BCUT2D eigenvalue weighted by Gasteiger charge is -2.15. The van der Waals surface area contributed by atoms with Crippen molar-refractivity contribution < 1.29 is 0 Å². The summed E-state index contributed by atoms with van der Waals surface area (Å²) in [5.41, 5.74) is 14.4. The van der Waals surface area contributed by atoms with Crippen molar-refractivity contribution in [1.29, 1.82) is 0 Å². The highest BCUT2D eigenvalue weighted by atomic mass is 15.0. The second-order valence-corrected chi connectivity index (χ2v) is 15.6. The Morgan fingerprint density at radius 2 is 0.645 bits per heavy atom. The maximum absolute atomic E-state index is 4.96. The number of aromatic nitrogens is 5. The van der Waals surface area contributed by atoms with Gasteiger partial charge in [0.05, 0.1) is 22.1 Å². The van der Waals surface area contributed by atoms with Crippen molar-refractivity contribution in [2.75, 3.05) is 0 Å². The van der Waals surface area contributed by atoms with E-state index in [1.807, 2.05) is 60.7 Å². The van der Waals surface area contributed by atoms with Crippen molar-refractivity contribution in [3.05, 3.63) is 224 Å². The molecule has 3 heterocycles. The molecule has 0 unspecified atom stereocenters. The molecule has 62 heavy (non-hydrogen) atoms. The minimum Gasteiger partial charge on any atom is -0.309 e. The fraction of sp³-hybridized carbons (Fsp3) is 0. The van der Waals surface area contributed by atoms with Crippen LogP contribution in [0, 0.1) is 0 Å². The average molecular weight is 792 g/mol. The van der Waals surface area contributed by atoms with Gasteiger partial charge in [0, 0.05) is 55.2 Å². The molecule has 0 saturated carbocycles. The Labute approximate surface area is 358 Å². The van der Waals surface area contributed by atoms with Gasteiger partial charge in [0.15, 0.2) is 17.5 Å². The standard InChI is InChI=1S/C57H37N5/c1-3-16-39(17-4-1)55-58-56(40-18-5-2-6-19-40)60-57(59-55)41-34-32-38(33-35-41)42-20-13-23-45(36-42)62-53-31-12-9-26-49(53)50-28-15-27-46(54(50)62)43-21-14-22-44(37-43)61-51-29-10-7-24-47(51)48-25-8-11-30-52(48)61/h1-37H. The summed E-state index contributed by atoms with van der Waals surface area (Å²) in [7, 11) is 0. The number of hydrogen-bond acceptors (Lipinski definition) is 3. The van der Waals surface area contributed by atoms with Crippen molar-refractivity contribution in [1.82, 2.24) is 24.1 Å². The van der Waals surface area contributed by atoms with E-state index in [0.717, 1.165) is 44.8 Å². The second kappa shape index (κ2) is 14.7. The van der Waals surface area contributed by atoms with Crippen molar-refractivity contribution in [3.63, 3.8) is 0 Å². The second-order valence-electron chi connectivity index (χ2n) is 15.6. The minimum absolute atomic E-state index is 0.637. The predicted molar refractivity (Wildman–Crippen MR) is 256 cm³/mol. The Bertz CT molecular complexity index is 3510. The molecular formula is C57H37N5. The Balaban J connectivity index is 0.964. The van der Waals surface area contributed by atoms with Crippen LogP contribution in [0.4, 0.5) is 0 Å². The minimum atomic E-state index is 0.637. The van der Waals surface area contributed by atoms with Crippen LogP contribution in [0.25, 0.3) is 111 Å². The molecule has 5 nitrogen and oxygen atoms in total. The summed E-state index contributed by atoms with van der Waals surface area (Å²) in [5, 5.41) is 4.95. The molecule has 3 aromatic heterocycles. The first-order chi connectivity index (χ1) is 30.7. The lowest BCUT2D eigenvalue weighted by atomic mass is 10.0. The lowest BCUT2D eigenvalue weighted by Crippen LogP contribution is -2.00. The summed E-state index contributed by atoms with van der Waals surface area (Å²) < 4.78 is 4.83. The molecule has 0 bridgehead atoms. The van der Waals surface area contributed by atoms with E-state index in [0.29, 0.717) is 17.5 Å². The molecule has 0 saturated heterocycles. The van der Waals surface area contributed by atoms with Crippen molar-refractivity contribution in [2.24, 2.45) is 0 Å². The van der Waals surface area contributed by atoms with E-state index in [1.54, 1.807) is 0 Å². The fourth-order valence-corrected chi connectivity index (χ4v) is 9.11. The Kier molecular flexibility index (Phi) is 8.42. The maximum atomic E-state index is 4.96. The molecule has 290 valence electrons. The topological polar surface area (TPSA) is 48.5 Å². The summed E-state index contributed by atoms with van der Waals surface area (Å²) in [4.78, 5) is 14.8. The molecular weight excluding hydrogens is 755 g/mol. The van der Waals surface area contributed by atoms with Crippen LogP contribution in [0.3, 0.4) is 0 Å². The number of nitrogens with zero attached hydrogens (tertiary/aromatic N) is 5. The first-order valence-electron chi connectivity index (χ1n) is 20.9. The van der Waals surface area contributed by atoms with Crippen LogP contribution in [0.15, 0.2) is 224 Å². The average Bonchev–Trinajstić information content (AvgIpc) is 3.88. The Hall–Kier alpha value is -8.41. The van der Waals surface area contributed by atoms with Crippen LogP contribution in [-0.2, 0) is 0 Å². The molecule has 0 aliphatic rings. The van der Waals surface area contributed by atoms with Crippen LogP contribution in [0.1, 0.15) is 0 Å². The van der Waals surface area contributed by atoms with E-state index >= 15 is 0 Å². The first-order valence-corrected chi connectivity index (χ1v) is 20.9. The van der Waals surface area contributed by atoms with Crippen molar-refractivity contribution in [2.45, 2.75) is 0 Å². The van der Waals surface area contributed by atoms with Gasteiger partial charge in [-0.2, -0.15) is 0 Å². The third-order valence-corrected chi connectivity index (χ3v) is 12.0. The summed E-state index contributed by atoms with van der Waals surface area (Å²) in [6.45, 7) is 0. The largest absolute Gasteiger partial charge is 0.309 e. The van der Waals surface area contributed by atoms with Gasteiger partial charge in [-0.15, -0.1) is 0 Å². The number of fused-ring (bicyclic) bond motifs is 6. The number of rotatable bonds is 7. The van der Waals surface area contributed by atoms with E-state index in [1.165, 1.54) is 49.2 Å². The van der Waals surface area contributed by atoms with Crippen molar-refractivity contribution in [3.8, 4) is 67.8 Å². The highest BCUT2D eigenvalue weighted by Gasteiger charge is 2.19. The molecule has 0 amide bonds. The zero-order valence-electron chi connectivity index (χ0n) is 33.6. The molecule has 0 atom stereocenters. The molecule has 0 spiro atoms. The molecule has 0 N–H and O–H groups in total. The highest BCUT2D eigenvalue weighted by molar-refractivity contribution is 6.14. The van der Waals surface area contributed by atoms with Gasteiger partial charge in [-0.25, -0.2) is 15.0 Å². The molecule has 12 rings (SSSR count). The monoisotopic (exact) mass is 791 g/mol. The van der Waals surface area contributed by atoms with E-state index in [9.17, 15) is 0 Å². The highest BCUT2D eigenvalue weighted by Crippen LogP contribution is 2.40. The number of hydrogen-bond donors (Lipinski definition) is 0. The Morgan fingerprint density at radius 3 is 1.23 bits per heavy atom. The zero-order chi connectivity index (χ0) is 41.0. The fourth-order valence-electron chi connectivity index (χ4n) is 9.11. The van der Waals surface area contributed by atoms with Gasteiger partial charge in [0.2, 0.25) is 0 Å². The molecule has 12 aromatic rings. The molecule has 0 fully saturated rings. The predicted octanol–water partition coefficient (Wildman–Crippen LogP) is 14.4. The van der Waals surface area contributed by atoms with Gasteiger partial charge in [-0.1, -0.05) is 182 Å². The van der Waals surface area contributed by atoms with E-state index in [-0.39, 0.29) is 0 Å². The SMILES string of the molecule is c1ccc(-c2nc(-c3ccccc3)nc(-c3ccc(-c4cccc(-n5c6ccccc6c6cccc(-c7cccc(-n8c9ccccc9c9ccccc98)c7)c65)c4)cc3)n2)cc1.